The minimum absolute atomic E-state index is 0.466. The van der Waals surface area contributed by atoms with Gasteiger partial charge in [-0.1, -0.05) is 39.3 Å². The molecule has 2 nitrogen and oxygen atoms in total. The van der Waals surface area contributed by atoms with Crippen molar-refractivity contribution >= 4 is 5.69 Å². The van der Waals surface area contributed by atoms with Crippen LogP contribution in [0.4, 0.5) is 5.69 Å². The van der Waals surface area contributed by atoms with Crippen molar-refractivity contribution in [3.05, 3.63) is 29.8 Å². The van der Waals surface area contributed by atoms with Gasteiger partial charge in [-0.2, -0.15) is 0 Å². The number of hydrogen-bond acceptors (Lipinski definition) is 2. The normalized spacial score (nSPS) is 11.5. The predicted octanol–water partition coefficient (Wildman–Crippen LogP) is 3.14. The Labute approximate surface area is 93.7 Å². The van der Waals surface area contributed by atoms with E-state index in [0.29, 0.717) is 12.5 Å². The van der Waals surface area contributed by atoms with E-state index < -0.39 is 0 Å². The smallest absolute Gasteiger partial charge is 0.0316 e. The van der Waals surface area contributed by atoms with Crippen LogP contribution in [0.15, 0.2) is 24.3 Å². The molecule has 86 valence electrons. The molecule has 1 atom stereocenters. The van der Waals surface area contributed by atoms with Crippen LogP contribution in [0.2, 0.25) is 0 Å². The highest BCUT2D eigenvalue weighted by Gasteiger charge is 2.07. The van der Waals surface area contributed by atoms with Gasteiger partial charge in [0.15, 0.2) is 0 Å². The zero-order valence-electron chi connectivity index (χ0n) is 10.2. The minimum Gasteiger partial charge on any atom is -0.399 e. The van der Waals surface area contributed by atoms with Gasteiger partial charge in [0, 0.05) is 5.69 Å². The van der Waals surface area contributed by atoms with E-state index in [1.807, 2.05) is 32.0 Å². The van der Waals surface area contributed by atoms with Crippen LogP contribution in [0.3, 0.4) is 0 Å². The third-order valence-corrected chi connectivity index (χ3v) is 2.30. The van der Waals surface area contributed by atoms with Crippen molar-refractivity contribution in [3.8, 4) is 0 Å². The van der Waals surface area contributed by atoms with Crippen LogP contribution < -0.4 is 11.5 Å². The minimum atomic E-state index is 0.466. The van der Waals surface area contributed by atoms with E-state index in [9.17, 15) is 0 Å². The zero-order chi connectivity index (χ0) is 11.7. The average Bonchev–Trinajstić information content (AvgIpc) is 2.28. The fourth-order valence-electron chi connectivity index (χ4n) is 1.58. The van der Waals surface area contributed by atoms with Gasteiger partial charge in [0.1, 0.15) is 0 Å². The molecule has 2 heteroatoms. The van der Waals surface area contributed by atoms with Crippen LogP contribution in [-0.4, -0.2) is 6.54 Å². The van der Waals surface area contributed by atoms with Crippen molar-refractivity contribution in [2.75, 3.05) is 12.3 Å². The van der Waals surface area contributed by atoms with Crippen molar-refractivity contribution in [3.63, 3.8) is 0 Å². The van der Waals surface area contributed by atoms with Gasteiger partial charge in [-0.05, 0) is 36.6 Å². The highest BCUT2D eigenvalue weighted by atomic mass is 14.6. The molecule has 0 spiro atoms. The van der Waals surface area contributed by atoms with E-state index in [0.717, 1.165) is 18.5 Å². The van der Waals surface area contributed by atoms with Crippen LogP contribution in [0.1, 0.15) is 45.1 Å². The molecule has 1 aromatic rings. The van der Waals surface area contributed by atoms with E-state index in [1.54, 1.807) is 0 Å². The molecule has 15 heavy (non-hydrogen) atoms. The molecule has 0 aromatic heterocycles. The van der Waals surface area contributed by atoms with Gasteiger partial charge in [-0.25, -0.2) is 0 Å². The molecule has 0 saturated heterocycles. The Morgan fingerprint density at radius 2 is 1.93 bits per heavy atom. The van der Waals surface area contributed by atoms with Gasteiger partial charge in [-0.3, -0.25) is 0 Å². The van der Waals surface area contributed by atoms with E-state index in [2.05, 4.69) is 13.0 Å². The van der Waals surface area contributed by atoms with Gasteiger partial charge in [0.25, 0.3) is 0 Å². The summed E-state index contributed by atoms with van der Waals surface area (Å²) in [6, 6.07) is 8.02. The first kappa shape index (κ1) is 14.0. The largest absolute Gasteiger partial charge is 0.399 e. The highest BCUT2D eigenvalue weighted by Crippen LogP contribution is 2.21. The van der Waals surface area contributed by atoms with E-state index in [-0.39, 0.29) is 0 Å². The molecule has 0 amide bonds. The lowest BCUT2D eigenvalue weighted by Crippen LogP contribution is -2.12. The Kier molecular flexibility index (Phi) is 7.74. The lowest BCUT2D eigenvalue weighted by atomic mass is 9.94. The second kappa shape index (κ2) is 8.30. The third-order valence-electron chi connectivity index (χ3n) is 2.30. The summed E-state index contributed by atoms with van der Waals surface area (Å²) in [4.78, 5) is 0. The molecule has 0 saturated carbocycles. The summed E-state index contributed by atoms with van der Waals surface area (Å²) in [6.07, 6.45) is 2.30. The second-order valence-electron chi connectivity index (χ2n) is 3.39. The van der Waals surface area contributed by atoms with Crippen molar-refractivity contribution in [1.82, 2.24) is 0 Å². The zero-order valence-corrected chi connectivity index (χ0v) is 10.2. The Morgan fingerprint density at radius 3 is 2.40 bits per heavy atom. The first-order valence-corrected chi connectivity index (χ1v) is 5.83. The molecule has 0 fully saturated rings. The van der Waals surface area contributed by atoms with Gasteiger partial charge in [-0.15, -0.1) is 0 Å². The average molecular weight is 208 g/mol. The Balaban J connectivity index is 0.000000921. The molecule has 4 N–H and O–H groups in total. The maximum atomic E-state index is 5.71. The van der Waals surface area contributed by atoms with Crippen molar-refractivity contribution in [2.45, 2.75) is 39.5 Å². The molecule has 0 aliphatic heterocycles. The van der Waals surface area contributed by atoms with Crippen LogP contribution in [0.25, 0.3) is 0 Å². The maximum absolute atomic E-state index is 5.71. The maximum Gasteiger partial charge on any atom is 0.0316 e. The molecular formula is C13H24N2. The molecule has 1 rings (SSSR count). The van der Waals surface area contributed by atoms with Crippen molar-refractivity contribution in [1.29, 1.82) is 0 Å². The summed E-state index contributed by atoms with van der Waals surface area (Å²) < 4.78 is 0. The summed E-state index contributed by atoms with van der Waals surface area (Å²) in [7, 11) is 0. The molecule has 0 bridgehead atoms. The summed E-state index contributed by atoms with van der Waals surface area (Å²) in [5, 5.41) is 0. The summed E-state index contributed by atoms with van der Waals surface area (Å²) in [6.45, 7) is 6.88. The third kappa shape index (κ3) is 4.84. The van der Waals surface area contributed by atoms with Gasteiger partial charge >= 0.3 is 0 Å². The van der Waals surface area contributed by atoms with Gasteiger partial charge in [0.2, 0.25) is 0 Å². The summed E-state index contributed by atoms with van der Waals surface area (Å²) >= 11 is 0. The van der Waals surface area contributed by atoms with Gasteiger partial charge in [0.05, 0.1) is 0 Å². The molecule has 1 aromatic carbocycles. The fraction of sp³-hybridized carbons (Fsp3) is 0.538. The summed E-state index contributed by atoms with van der Waals surface area (Å²) in [5.41, 5.74) is 13.5. The van der Waals surface area contributed by atoms with Crippen LogP contribution in [0.5, 0.6) is 0 Å². The van der Waals surface area contributed by atoms with E-state index >= 15 is 0 Å². The topological polar surface area (TPSA) is 52.0 Å². The number of benzene rings is 1. The van der Waals surface area contributed by atoms with Crippen molar-refractivity contribution < 1.29 is 0 Å². The van der Waals surface area contributed by atoms with Crippen LogP contribution >= 0.6 is 0 Å². The monoisotopic (exact) mass is 208 g/mol. The first-order valence-electron chi connectivity index (χ1n) is 5.83. The second-order valence-corrected chi connectivity index (χ2v) is 3.39. The number of anilines is 1. The van der Waals surface area contributed by atoms with Crippen LogP contribution in [0, 0.1) is 0 Å². The van der Waals surface area contributed by atoms with Crippen LogP contribution in [-0.2, 0) is 0 Å². The molecule has 1 unspecified atom stereocenters. The van der Waals surface area contributed by atoms with Crippen molar-refractivity contribution in [2.24, 2.45) is 5.73 Å². The Morgan fingerprint density at radius 1 is 1.27 bits per heavy atom. The highest BCUT2D eigenvalue weighted by molar-refractivity contribution is 5.41. The van der Waals surface area contributed by atoms with Gasteiger partial charge < -0.3 is 11.5 Å². The molecule has 0 aliphatic carbocycles. The first-order chi connectivity index (χ1) is 7.27. The van der Waals surface area contributed by atoms with E-state index in [4.69, 9.17) is 11.5 Å². The molecule has 0 radical (unpaired) electrons. The fourth-order valence-corrected chi connectivity index (χ4v) is 1.58. The standard InChI is InChI=1S/C11H18N2.C2H6/c1-2-4-10(8-12)9-5-3-6-11(13)7-9;1-2/h3,5-7,10H,2,4,8,12-13H2,1H3;1-2H3. The number of rotatable bonds is 4. The quantitative estimate of drug-likeness (QED) is 0.747. The Hall–Kier alpha value is -1.02. The predicted molar refractivity (Wildman–Crippen MR) is 68.9 cm³/mol. The lowest BCUT2D eigenvalue weighted by Gasteiger charge is -2.14. The SMILES string of the molecule is CC.CCCC(CN)c1cccc(N)c1. The Bertz CT molecular complexity index is 258. The summed E-state index contributed by atoms with van der Waals surface area (Å²) in [5.74, 6) is 0.466. The lowest BCUT2D eigenvalue weighted by molar-refractivity contribution is 0.622. The van der Waals surface area contributed by atoms with E-state index in [1.165, 1.54) is 5.56 Å². The number of hydrogen-bond donors (Lipinski definition) is 2. The molecule has 0 aliphatic rings. The molecular weight excluding hydrogens is 184 g/mol. The number of nitrogens with two attached hydrogens (primary N) is 2. The number of nitrogen functional groups attached to an aromatic ring is 1. The molecule has 0 heterocycles.